The molecule has 0 bridgehead atoms. The molecule has 2 aromatic heterocycles. The van der Waals surface area contributed by atoms with E-state index in [1.165, 1.54) is 18.5 Å². The van der Waals surface area contributed by atoms with E-state index in [4.69, 9.17) is 9.26 Å². The second-order valence-corrected chi connectivity index (χ2v) is 6.64. The van der Waals surface area contributed by atoms with Gasteiger partial charge in [-0.1, -0.05) is 5.16 Å². The summed E-state index contributed by atoms with van der Waals surface area (Å²) in [6, 6.07) is 3.10. The number of carbonyl (C=O) groups is 2. The summed E-state index contributed by atoms with van der Waals surface area (Å²) in [6.07, 6.45) is -0.829. The third-order valence-electron chi connectivity index (χ3n) is 4.57. The fraction of sp³-hybridized carbons (Fsp3) is 0.316. The van der Waals surface area contributed by atoms with Gasteiger partial charge in [-0.25, -0.2) is 4.79 Å². The van der Waals surface area contributed by atoms with E-state index in [2.05, 4.69) is 15.4 Å². The van der Waals surface area contributed by atoms with Crippen molar-refractivity contribution < 1.29 is 32.0 Å². The van der Waals surface area contributed by atoms with E-state index in [1.54, 1.807) is 6.92 Å². The molecule has 0 amide bonds. The molecular weight excluding hydrogens is 405 g/mol. The van der Waals surface area contributed by atoms with Crippen LogP contribution in [0.15, 0.2) is 35.1 Å². The van der Waals surface area contributed by atoms with Crippen LogP contribution in [0.25, 0.3) is 5.69 Å². The topological polar surface area (TPSA) is 100 Å². The van der Waals surface area contributed by atoms with Gasteiger partial charge in [0.2, 0.25) is 5.69 Å². The Hall–Kier alpha value is -3.50. The number of nitrogens with zero attached hydrogens (tertiary/aromatic N) is 4. The van der Waals surface area contributed by atoms with Crippen LogP contribution in [0.2, 0.25) is 0 Å². The number of aromatic nitrogens is 4. The molecule has 0 atom stereocenters. The van der Waals surface area contributed by atoms with Crippen molar-refractivity contribution in [1.29, 1.82) is 0 Å². The first kappa shape index (κ1) is 19.8. The summed E-state index contributed by atoms with van der Waals surface area (Å²) >= 11 is 0. The second-order valence-electron chi connectivity index (χ2n) is 6.64. The number of ketones is 1. The summed E-state index contributed by atoms with van der Waals surface area (Å²) in [7, 11) is 0. The summed E-state index contributed by atoms with van der Waals surface area (Å²) in [4.78, 5) is 26.4. The highest BCUT2D eigenvalue weighted by Crippen LogP contribution is 2.44. The van der Waals surface area contributed by atoms with Gasteiger partial charge in [0.15, 0.2) is 11.5 Å². The lowest BCUT2D eigenvalue weighted by atomic mass is 9.95. The van der Waals surface area contributed by atoms with Gasteiger partial charge >= 0.3 is 12.1 Å². The molecule has 11 heteroatoms. The molecule has 2 heterocycles. The van der Waals surface area contributed by atoms with Gasteiger partial charge in [-0.2, -0.15) is 28.2 Å². The molecule has 156 valence electrons. The molecular formula is C19H15F3N4O4. The minimum Gasteiger partial charge on any atom is -0.461 e. The number of esters is 1. The molecule has 0 aliphatic heterocycles. The molecule has 3 aromatic rings. The Balaban J connectivity index is 1.84. The standard InChI is InChI=1S/C19H15F3N4O4/c1-2-29-18(28)15-14(17(30-25-15)10-3-4-10)16(27)12-6-5-11(26-23-7-8-24-26)9-13(12)19(20,21)22/h5-10H,2-4H2,1H3. The molecule has 0 N–H and O–H groups in total. The minimum absolute atomic E-state index is 0.0114. The van der Waals surface area contributed by atoms with Gasteiger partial charge in [0.25, 0.3) is 0 Å². The third kappa shape index (κ3) is 3.58. The van der Waals surface area contributed by atoms with E-state index >= 15 is 0 Å². The van der Waals surface area contributed by atoms with E-state index in [1.807, 2.05) is 0 Å². The van der Waals surface area contributed by atoms with Crippen molar-refractivity contribution in [3.05, 3.63) is 58.7 Å². The van der Waals surface area contributed by atoms with Crippen LogP contribution in [0.1, 0.15) is 63.4 Å². The van der Waals surface area contributed by atoms with Crippen LogP contribution in [0.5, 0.6) is 0 Å². The van der Waals surface area contributed by atoms with Gasteiger partial charge < -0.3 is 9.26 Å². The smallest absolute Gasteiger partial charge is 0.417 e. The van der Waals surface area contributed by atoms with Crippen LogP contribution in [0.4, 0.5) is 13.2 Å². The van der Waals surface area contributed by atoms with Crippen LogP contribution >= 0.6 is 0 Å². The molecule has 0 saturated heterocycles. The van der Waals surface area contributed by atoms with Gasteiger partial charge in [-0.05, 0) is 38.0 Å². The maximum atomic E-state index is 13.8. The van der Waals surface area contributed by atoms with Crippen molar-refractivity contribution in [1.82, 2.24) is 20.2 Å². The number of rotatable bonds is 6. The Bertz CT molecular complexity index is 1100. The molecule has 0 unspecified atom stereocenters. The third-order valence-corrected chi connectivity index (χ3v) is 4.57. The van der Waals surface area contributed by atoms with E-state index in [9.17, 15) is 22.8 Å². The number of benzene rings is 1. The summed E-state index contributed by atoms with van der Waals surface area (Å²) in [5.41, 5.74) is -2.49. The first-order valence-corrected chi connectivity index (χ1v) is 9.10. The Morgan fingerprint density at radius 3 is 2.53 bits per heavy atom. The SMILES string of the molecule is CCOC(=O)c1noc(C2CC2)c1C(=O)c1ccc(-n2nccn2)cc1C(F)(F)F. The lowest BCUT2D eigenvalue weighted by molar-refractivity contribution is -0.137. The highest BCUT2D eigenvalue weighted by Gasteiger charge is 2.41. The first-order chi connectivity index (χ1) is 14.3. The van der Waals surface area contributed by atoms with Gasteiger partial charge in [0, 0.05) is 11.5 Å². The largest absolute Gasteiger partial charge is 0.461 e. The van der Waals surface area contributed by atoms with Crippen molar-refractivity contribution in [3.8, 4) is 5.69 Å². The predicted molar refractivity (Wildman–Crippen MR) is 94.2 cm³/mol. The van der Waals surface area contributed by atoms with Gasteiger partial charge in [-0.15, -0.1) is 0 Å². The summed E-state index contributed by atoms with van der Waals surface area (Å²) < 4.78 is 51.4. The van der Waals surface area contributed by atoms with Crippen LogP contribution in [0, 0.1) is 0 Å². The number of hydrogen-bond donors (Lipinski definition) is 0. The molecule has 30 heavy (non-hydrogen) atoms. The highest BCUT2D eigenvalue weighted by molar-refractivity contribution is 6.15. The van der Waals surface area contributed by atoms with Crippen molar-refractivity contribution in [2.45, 2.75) is 31.9 Å². The van der Waals surface area contributed by atoms with Crippen molar-refractivity contribution in [2.75, 3.05) is 6.61 Å². The average molecular weight is 420 g/mol. The zero-order valence-corrected chi connectivity index (χ0v) is 15.6. The molecule has 4 rings (SSSR count). The number of hydrogen-bond acceptors (Lipinski definition) is 7. The summed E-state index contributed by atoms with van der Waals surface area (Å²) in [5.74, 6) is -1.99. The molecule has 1 aromatic carbocycles. The van der Waals surface area contributed by atoms with Gasteiger partial charge in [-0.3, -0.25) is 4.79 Å². The Morgan fingerprint density at radius 2 is 1.93 bits per heavy atom. The van der Waals surface area contributed by atoms with E-state index in [0.717, 1.165) is 16.9 Å². The number of alkyl halides is 3. The first-order valence-electron chi connectivity index (χ1n) is 9.10. The van der Waals surface area contributed by atoms with Crippen LogP contribution in [0.3, 0.4) is 0 Å². The zero-order valence-electron chi connectivity index (χ0n) is 15.6. The number of ether oxygens (including phenoxy) is 1. The fourth-order valence-corrected chi connectivity index (χ4v) is 3.06. The summed E-state index contributed by atoms with van der Waals surface area (Å²) in [5, 5.41) is 11.2. The lowest BCUT2D eigenvalue weighted by Gasteiger charge is -2.14. The summed E-state index contributed by atoms with van der Waals surface area (Å²) in [6.45, 7) is 1.57. The van der Waals surface area contributed by atoms with Crippen molar-refractivity contribution in [3.63, 3.8) is 0 Å². The predicted octanol–water partition coefficient (Wildman–Crippen LogP) is 3.56. The number of carbonyl (C=O) groups excluding carboxylic acids is 2. The average Bonchev–Trinajstić information content (AvgIpc) is 3.23. The molecule has 1 aliphatic carbocycles. The molecule has 8 nitrogen and oxygen atoms in total. The Morgan fingerprint density at radius 1 is 1.23 bits per heavy atom. The quantitative estimate of drug-likeness (QED) is 0.444. The van der Waals surface area contributed by atoms with Crippen molar-refractivity contribution in [2.24, 2.45) is 0 Å². The molecule has 1 fully saturated rings. The van der Waals surface area contributed by atoms with E-state index in [0.29, 0.717) is 12.8 Å². The molecule has 0 spiro atoms. The second kappa shape index (κ2) is 7.39. The number of halogens is 3. The lowest BCUT2D eigenvalue weighted by Crippen LogP contribution is -2.18. The normalized spacial score (nSPS) is 14.0. The van der Waals surface area contributed by atoms with Gasteiger partial charge in [0.1, 0.15) is 5.56 Å². The molecule has 1 aliphatic rings. The van der Waals surface area contributed by atoms with Gasteiger partial charge in [0.05, 0.1) is 30.3 Å². The monoisotopic (exact) mass is 420 g/mol. The highest BCUT2D eigenvalue weighted by atomic mass is 19.4. The van der Waals surface area contributed by atoms with Crippen molar-refractivity contribution >= 4 is 11.8 Å². The van der Waals surface area contributed by atoms with Crippen LogP contribution < -0.4 is 0 Å². The Kier molecular flexibility index (Phi) is 4.88. The Labute approximate surface area is 167 Å². The maximum Gasteiger partial charge on any atom is 0.417 e. The van der Waals surface area contributed by atoms with E-state index in [-0.39, 0.29) is 29.5 Å². The minimum atomic E-state index is -4.84. The van der Waals surface area contributed by atoms with E-state index < -0.39 is 34.7 Å². The zero-order chi connectivity index (χ0) is 21.5. The molecule has 0 radical (unpaired) electrons. The molecule has 1 saturated carbocycles. The van der Waals surface area contributed by atoms with Crippen LogP contribution in [-0.2, 0) is 10.9 Å². The van der Waals surface area contributed by atoms with Crippen LogP contribution in [-0.4, -0.2) is 38.5 Å². The fourth-order valence-electron chi connectivity index (χ4n) is 3.06. The maximum absolute atomic E-state index is 13.8.